The first kappa shape index (κ1) is 22.7. The maximum atomic E-state index is 11.7. The third-order valence-electron chi connectivity index (χ3n) is 3.72. The molecule has 10 heteroatoms. The van der Waals surface area contributed by atoms with Crippen LogP contribution in [0.15, 0.2) is 24.3 Å². The molecule has 0 N–H and O–H groups in total. The van der Waals surface area contributed by atoms with E-state index in [1.54, 1.807) is 12.1 Å². The van der Waals surface area contributed by atoms with Gasteiger partial charge in [0.2, 0.25) is 12.4 Å². The summed E-state index contributed by atoms with van der Waals surface area (Å²) in [5, 5.41) is 0. The second-order valence-electron chi connectivity index (χ2n) is 5.99. The number of hydrogen-bond donors (Lipinski definition) is 0. The quantitative estimate of drug-likeness (QED) is 0.241. The van der Waals surface area contributed by atoms with Crippen LogP contribution in [-0.4, -0.2) is 54.5 Å². The van der Waals surface area contributed by atoms with E-state index in [1.165, 1.54) is 20.8 Å². The number of carbonyl (C=O) groups is 3. The van der Waals surface area contributed by atoms with Crippen molar-refractivity contribution in [3.8, 4) is 5.75 Å². The summed E-state index contributed by atoms with van der Waals surface area (Å²) in [5.74, 6) is -1.55. The molecule has 1 heterocycles. The summed E-state index contributed by atoms with van der Waals surface area (Å²) in [6.45, 7) is 3.59. The Hall–Kier alpha value is -1.59. The van der Waals surface area contributed by atoms with Crippen LogP contribution < -0.4 is 4.74 Å². The fourth-order valence-corrected chi connectivity index (χ4v) is 3.33. The minimum absolute atomic E-state index is 0.0744. The van der Waals surface area contributed by atoms with Gasteiger partial charge in [0.05, 0.1) is 5.88 Å². The first-order valence-electron chi connectivity index (χ1n) is 8.36. The summed E-state index contributed by atoms with van der Waals surface area (Å²) in [6.07, 6.45) is -5.39. The van der Waals surface area contributed by atoms with E-state index in [4.69, 9.17) is 35.3 Å². The summed E-state index contributed by atoms with van der Waals surface area (Å²) in [4.78, 5) is 34.8. The number of alkyl halides is 1. The largest absolute Gasteiger partial charge is 0.461 e. The van der Waals surface area contributed by atoms with Gasteiger partial charge in [-0.15, -0.1) is 11.6 Å². The monoisotopic (exact) mass is 526 g/mol. The fourth-order valence-electron chi connectivity index (χ4n) is 2.72. The summed E-state index contributed by atoms with van der Waals surface area (Å²) in [6, 6.07) is 7.07. The highest BCUT2D eigenvalue weighted by Gasteiger charge is 2.52. The van der Waals surface area contributed by atoms with Crippen LogP contribution in [0.25, 0.3) is 0 Å². The van der Waals surface area contributed by atoms with Gasteiger partial charge in [-0.2, -0.15) is 0 Å². The second-order valence-corrected chi connectivity index (χ2v) is 7.55. The molecule has 5 atom stereocenters. The summed E-state index contributed by atoms with van der Waals surface area (Å²) >= 11 is 8.13. The third-order valence-corrected chi connectivity index (χ3v) is 4.74. The van der Waals surface area contributed by atoms with E-state index in [1.807, 2.05) is 12.1 Å². The highest BCUT2D eigenvalue weighted by Crippen LogP contribution is 2.31. The van der Waals surface area contributed by atoms with E-state index in [0.717, 1.165) is 3.57 Å². The van der Waals surface area contributed by atoms with Crippen LogP contribution in [-0.2, 0) is 33.3 Å². The normalized spacial score (nSPS) is 26.8. The van der Waals surface area contributed by atoms with E-state index in [9.17, 15) is 14.4 Å². The Labute approximate surface area is 180 Å². The van der Waals surface area contributed by atoms with Gasteiger partial charge in [-0.1, -0.05) is 0 Å². The van der Waals surface area contributed by atoms with E-state index < -0.39 is 48.6 Å². The molecule has 0 bridgehead atoms. The molecule has 1 fully saturated rings. The van der Waals surface area contributed by atoms with Gasteiger partial charge in [-0.25, -0.2) is 0 Å². The lowest BCUT2D eigenvalue weighted by Gasteiger charge is -2.43. The molecule has 0 saturated carbocycles. The Bertz CT molecular complexity index is 710. The van der Waals surface area contributed by atoms with Crippen LogP contribution in [0.3, 0.4) is 0 Å². The molecule has 0 aliphatic carbocycles. The van der Waals surface area contributed by atoms with Gasteiger partial charge in [-0.05, 0) is 46.9 Å². The van der Waals surface area contributed by atoms with E-state index in [-0.39, 0.29) is 5.88 Å². The SMILES string of the molecule is CC(=O)OC1C(CCl)OC(Oc2ccc(I)cc2)C(OC(C)=O)C1OC(C)=O. The zero-order valence-electron chi connectivity index (χ0n) is 15.4. The van der Waals surface area contributed by atoms with Crippen LogP contribution in [0.4, 0.5) is 0 Å². The molecule has 28 heavy (non-hydrogen) atoms. The van der Waals surface area contributed by atoms with Crippen LogP contribution in [0.5, 0.6) is 5.75 Å². The van der Waals surface area contributed by atoms with Gasteiger partial charge in [0.1, 0.15) is 11.9 Å². The molecule has 154 valence electrons. The molecule has 0 amide bonds. The second kappa shape index (κ2) is 10.3. The minimum atomic E-state index is -1.18. The number of benzene rings is 1. The molecule has 0 radical (unpaired) electrons. The molecule has 8 nitrogen and oxygen atoms in total. The Morgan fingerprint density at radius 2 is 1.43 bits per heavy atom. The smallest absolute Gasteiger partial charge is 0.303 e. The van der Waals surface area contributed by atoms with Crippen molar-refractivity contribution in [2.75, 3.05) is 5.88 Å². The minimum Gasteiger partial charge on any atom is -0.461 e. The van der Waals surface area contributed by atoms with Crippen molar-refractivity contribution in [1.29, 1.82) is 0 Å². The number of hydrogen-bond acceptors (Lipinski definition) is 8. The molecular formula is C18H20ClIO8. The Balaban J connectivity index is 2.38. The Morgan fingerprint density at radius 1 is 0.929 bits per heavy atom. The molecular weight excluding hydrogens is 507 g/mol. The molecule has 1 aromatic carbocycles. The average Bonchev–Trinajstić information content (AvgIpc) is 2.60. The first-order valence-corrected chi connectivity index (χ1v) is 9.98. The van der Waals surface area contributed by atoms with E-state index >= 15 is 0 Å². The van der Waals surface area contributed by atoms with Crippen molar-refractivity contribution in [3.63, 3.8) is 0 Å². The predicted molar refractivity (Wildman–Crippen MR) is 106 cm³/mol. The first-order chi connectivity index (χ1) is 13.2. The molecule has 0 aromatic heterocycles. The van der Waals surface area contributed by atoms with Crippen molar-refractivity contribution in [1.82, 2.24) is 0 Å². The van der Waals surface area contributed by atoms with Gasteiger partial charge >= 0.3 is 17.9 Å². The lowest BCUT2D eigenvalue weighted by molar-refractivity contribution is -0.279. The van der Waals surface area contributed by atoms with Gasteiger partial charge in [-0.3, -0.25) is 14.4 Å². The zero-order chi connectivity index (χ0) is 20.8. The standard InChI is InChI=1S/C18H20ClIO8/c1-9(21)24-15-14(8-19)28-18(27-13-6-4-12(20)5-7-13)17(26-11(3)23)16(15)25-10(2)22/h4-7,14-18H,8H2,1-3H3. The van der Waals surface area contributed by atoms with Crippen molar-refractivity contribution in [2.24, 2.45) is 0 Å². The van der Waals surface area contributed by atoms with Crippen molar-refractivity contribution in [3.05, 3.63) is 27.8 Å². The molecule has 2 rings (SSSR count). The molecule has 0 spiro atoms. The summed E-state index contributed by atoms with van der Waals surface area (Å²) in [7, 11) is 0. The summed E-state index contributed by atoms with van der Waals surface area (Å²) < 4.78 is 28.5. The highest BCUT2D eigenvalue weighted by atomic mass is 127. The average molecular weight is 527 g/mol. The van der Waals surface area contributed by atoms with Gasteiger partial charge in [0.15, 0.2) is 12.2 Å². The van der Waals surface area contributed by atoms with E-state index in [0.29, 0.717) is 5.75 Å². The van der Waals surface area contributed by atoms with Gasteiger partial charge in [0, 0.05) is 24.3 Å². The summed E-state index contributed by atoms with van der Waals surface area (Å²) in [5.41, 5.74) is 0. The number of halogens is 2. The van der Waals surface area contributed by atoms with Crippen LogP contribution >= 0.6 is 34.2 Å². The van der Waals surface area contributed by atoms with E-state index in [2.05, 4.69) is 22.6 Å². The number of ether oxygens (including phenoxy) is 5. The van der Waals surface area contributed by atoms with Crippen molar-refractivity contribution >= 4 is 52.1 Å². The molecule has 1 aliphatic heterocycles. The molecule has 1 aromatic rings. The Morgan fingerprint density at radius 3 is 1.93 bits per heavy atom. The fraction of sp³-hybridized carbons (Fsp3) is 0.500. The maximum absolute atomic E-state index is 11.7. The molecule has 5 unspecified atom stereocenters. The topological polar surface area (TPSA) is 97.4 Å². The van der Waals surface area contributed by atoms with Crippen LogP contribution in [0.1, 0.15) is 20.8 Å². The van der Waals surface area contributed by atoms with Crippen LogP contribution in [0.2, 0.25) is 0 Å². The van der Waals surface area contributed by atoms with Crippen molar-refractivity contribution < 1.29 is 38.1 Å². The number of carbonyl (C=O) groups excluding carboxylic acids is 3. The molecule has 1 saturated heterocycles. The third kappa shape index (κ3) is 6.21. The van der Waals surface area contributed by atoms with Crippen molar-refractivity contribution in [2.45, 2.75) is 51.5 Å². The molecule has 1 aliphatic rings. The van der Waals surface area contributed by atoms with Crippen LogP contribution in [0, 0.1) is 3.57 Å². The zero-order valence-corrected chi connectivity index (χ0v) is 18.3. The van der Waals surface area contributed by atoms with Gasteiger partial charge in [0.25, 0.3) is 0 Å². The highest BCUT2D eigenvalue weighted by molar-refractivity contribution is 14.1. The Kier molecular flexibility index (Phi) is 8.32. The lowest BCUT2D eigenvalue weighted by Crippen LogP contribution is -2.63. The number of rotatable bonds is 6. The number of esters is 3. The maximum Gasteiger partial charge on any atom is 0.303 e. The van der Waals surface area contributed by atoms with Gasteiger partial charge < -0.3 is 23.7 Å². The lowest BCUT2D eigenvalue weighted by atomic mass is 9.98. The predicted octanol–water partition coefficient (Wildman–Crippen LogP) is 2.43.